The summed E-state index contributed by atoms with van der Waals surface area (Å²) in [5, 5.41) is 12.4. The number of aryl methyl sites for hydroxylation is 2. The second kappa shape index (κ2) is 6.36. The van der Waals surface area contributed by atoms with Crippen molar-refractivity contribution in [3.05, 3.63) is 70.3 Å². The molecule has 2 rings (SSSR count). The molecule has 0 saturated heterocycles. The largest absolute Gasteiger partial charge is 0.306 e. The Balaban J connectivity index is 2.06. The van der Waals surface area contributed by atoms with E-state index in [0.717, 1.165) is 17.7 Å². The molecule has 0 unspecified atom stereocenters. The van der Waals surface area contributed by atoms with Crippen LogP contribution < -0.4 is 5.32 Å². The number of hydrogen-bond acceptors (Lipinski definition) is 2. The summed E-state index contributed by atoms with van der Waals surface area (Å²) in [7, 11) is 0. The lowest BCUT2D eigenvalue weighted by atomic mass is 10.0. The monoisotopic (exact) mass is 264 g/mol. The minimum Gasteiger partial charge on any atom is -0.306 e. The van der Waals surface area contributed by atoms with Gasteiger partial charge in [0.05, 0.1) is 11.6 Å². The molecule has 0 fully saturated rings. The Hall–Kier alpha value is -2.11. The first-order valence-electron chi connectivity index (χ1n) is 6.90. The zero-order valence-electron chi connectivity index (χ0n) is 12.3. The van der Waals surface area contributed by atoms with E-state index in [4.69, 9.17) is 5.26 Å². The molecule has 0 heterocycles. The van der Waals surface area contributed by atoms with Crippen molar-refractivity contribution < 1.29 is 0 Å². The van der Waals surface area contributed by atoms with E-state index in [2.05, 4.69) is 56.4 Å². The van der Waals surface area contributed by atoms with E-state index in [9.17, 15) is 0 Å². The summed E-state index contributed by atoms with van der Waals surface area (Å²) in [5.74, 6) is 0. The van der Waals surface area contributed by atoms with E-state index in [1.54, 1.807) is 0 Å². The van der Waals surface area contributed by atoms with Gasteiger partial charge in [-0.25, -0.2) is 0 Å². The molecule has 0 aliphatic carbocycles. The Kier molecular flexibility index (Phi) is 4.55. The third-order valence-electron chi connectivity index (χ3n) is 3.73. The molecule has 2 nitrogen and oxygen atoms in total. The van der Waals surface area contributed by atoms with Crippen molar-refractivity contribution in [2.75, 3.05) is 0 Å². The van der Waals surface area contributed by atoms with Crippen LogP contribution in [0.2, 0.25) is 0 Å². The van der Waals surface area contributed by atoms with Crippen LogP contribution in [-0.2, 0) is 6.54 Å². The first-order valence-corrected chi connectivity index (χ1v) is 6.90. The minimum absolute atomic E-state index is 0.311. The van der Waals surface area contributed by atoms with Gasteiger partial charge in [0, 0.05) is 12.6 Å². The molecule has 1 atom stereocenters. The van der Waals surface area contributed by atoms with Gasteiger partial charge in [-0.1, -0.05) is 30.3 Å². The molecule has 0 spiro atoms. The SMILES string of the molecule is Cc1cc(C#N)ccc1CN[C@@H](C)c1ccccc1C. The molecule has 0 radical (unpaired) electrons. The molecule has 102 valence electrons. The van der Waals surface area contributed by atoms with Gasteiger partial charge in [0.25, 0.3) is 0 Å². The van der Waals surface area contributed by atoms with Crippen molar-refractivity contribution in [3.8, 4) is 6.07 Å². The zero-order chi connectivity index (χ0) is 14.5. The van der Waals surface area contributed by atoms with Gasteiger partial charge in [0.15, 0.2) is 0 Å². The summed E-state index contributed by atoms with van der Waals surface area (Å²) in [6.45, 7) is 7.19. The summed E-state index contributed by atoms with van der Waals surface area (Å²) in [5.41, 5.74) is 5.76. The topological polar surface area (TPSA) is 35.8 Å². The van der Waals surface area contributed by atoms with Gasteiger partial charge >= 0.3 is 0 Å². The predicted molar refractivity (Wildman–Crippen MR) is 82.3 cm³/mol. The number of hydrogen-bond donors (Lipinski definition) is 1. The normalized spacial score (nSPS) is 11.9. The summed E-state index contributed by atoms with van der Waals surface area (Å²) in [6.07, 6.45) is 0. The van der Waals surface area contributed by atoms with Crippen molar-refractivity contribution in [2.45, 2.75) is 33.4 Å². The van der Waals surface area contributed by atoms with Crippen molar-refractivity contribution in [1.29, 1.82) is 5.26 Å². The summed E-state index contributed by atoms with van der Waals surface area (Å²) < 4.78 is 0. The highest BCUT2D eigenvalue weighted by Crippen LogP contribution is 2.18. The maximum absolute atomic E-state index is 8.88. The first-order chi connectivity index (χ1) is 9.61. The molecule has 2 heteroatoms. The molecule has 2 aromatic rings. The number of nitrogens with one attached hydrogen (secondary N) is 1. The van der Waals surface area contributed by atoms with Crippen LogP contribution in [0.4, 0.5) is 0 Å². The standard InChI is InChI=1S/C18H20N2/c1-13-6-4-5-7-18(13)15(3)20-12-17-9-8-16(11-19)10-14(17)2/h4-10,15,20H,12H2,1-3H3/t15-/m0/s1. The van der Waals surface area contributed by atoms with E-state index >= 15 is 0 Å². The molecule has 0 aliphatic rings. The van der Waals surface area contributed by atoms with E-state index in [1.807, 2.05) is 18.2 Å². The van der Waals surface area contributed by atoms with Crippen molar-refractivity contribution >= 4 is 0 Å². The van der Waals surface area contributed by atoms with Crippen LogP contribution in [0.5, 0.6) is 0 Å². The second-order valence-corrected chi connectivity index (χ2v) is 5.21. The smallest absolute Gasteiger partial charge is 0.0991 e. The van der Waals surface area contributed by atoms with Gasteiger partial charge in [-0.2, -0.15) is 5.26 Å². The lowest BCUT2D eigenvalue weighted by molar-refractivity contribution is 0.571. The van der Waals surface area contributed by atoms with Crippen LogP contribution in [-0.4, -0.2) is 0 Å². The summed E-state index contributed by atoms with van der Waals surface area (Å²) in [6, 6.07) is 16.8. The third kappa shape index (κ3) is 3.26. The summed E-state index contributed by atoms with van der Waals surface area (Å²) in [4.78, 5) is 0. The van der Waals surface area contributed by atoms with Gasteiger partial charge in [0.1, 0.15) is 0 Å². The number of nitriles is 1. The Morgan fingerprint density at radius 2 is 1.85 bits per heavy atom. The van der Waals surface area contributed by atoms with Crippen molar-refractivity contribution in [2.24, 2.45) is 0 Å². The van der Waals surface area contributed by atoms with Crippen LogP contribution in [0.3, 0.4) is 0 Å². The maximum atomic E-state index is 8.88. The predicted octanol–water partition coefficient (Wildman–Crippen LogP) is 4.03. The van der Waals surface area contributed by atoms with Crippen LogP contribution >= 0.6 is 0 Å². The van der Waals surface area contributed by atoms with Crippen LogP contribution in [0.25, 0.3) is 0 Å². The van der Waals surface area contributed by atoms with Gasteiger partial charge in [-0.3, -0.25) is 0 Å². The molecule has 2 aromatic carbocycles. The molecular weight excluding hydrogens is 244 g/mol. The highest BCUT2D eigenvalue weighted by Gasteiger charge is 2.08. The van der Waals surface area contributed by atoms with Crippen molar-refractivity contribution in [3.63, 3.8) is 0 Å². The molecule has 0 bridgehead atoms. The van der Waals surface area contributed by atoms with Gasteiger partial charge in [-0.15, -0.1) is 0 Å². The quantitative estimate of drug-likeness (QED) is 0.905. The van der Waals surface area contributed by atoms with Crippen LogP contribution in [0.1, 0.15) is 40.8 Å². The molecule has 0 aliphatic heterocycles. The zero-order valence-corrected chi connectivity index (χ0v) is 12.3. The molecule has 20 heavy (non-hydrogen) atoms. The summed E-state index contributed by atoms with van der Waals surface area (Å²) >= 11 is 0. The lowest BCUT2D eigenvalue weighted by Crippen LogP contribution is -2.19. The van der Waals surface area contributed by atoms with Gasteiger partial charge in [0.2, 0.25) is 0 Å². The highest BCUT2D eigenvalue weighted by molar-refractivity contribution is 5.37. The molecule has 0 amide bonds. The maximum Gasteiger partial charge on any atom is 0.0991 e. The van der Waals surface area contributed by atoms with E-state index in [0.29, 0.717) is 6.04 Å². The Morgan fingerprint density at radius 3 is 2.50 bits per heavy atom. The fourth-order valence-electron chi connectivity index (χ4n) is 2.41. The highest BCUT2D eigenvalue weighted by atomic mass is 14.9. The van der Waals surface area contributed by atoms with Gasteiger partial charge < -0.3 is 5.32 Å². The van der Waals surface area contributed by atoms with Crippen molar-refractivity contribution in [1.82, 2.24) is 5.32 Å². The molecule has 1 N–H and O–H groups in total. The van der Waals surface area contributed by atoms with E-state index in [-0.39, 0.29) is 0 Å². The second-order valence-electron chi connectivity index (χ2n) is 5.21. The van der Waals surface area contributed by atoms with E-state index in [1.165, 1.54) is 16.7 Å². The fraction of sp³-hybridized carbons (Fsp3) is 0.278. The number of benzene rings is 2. The fourth-order valence-corrected chi connectivity index (χ4v) is 2.41. The number of rotatable bonds is 4. The third-order valence-corrected chi connectivity index (χ3v) is 3.73. The number of nitrogens with zero attached hydrogens (tertiary/aromatic N) is 1. The van der Waals surface area contributed by atoms with E-state index < -0.39 is 0 Å². The molecule has 0 saturated carbocycles. The lowest BCUT2D eigenvalue weighted by Gasteiger charge is -2.17. The minimum atomic E-state index is 0.311. The Morgan fingerprint density at radius 1 is 1.10 bits per heavy atom. The average Bonchev–Trinajstić information content (AvgIpc) is 2.46. The Labute approximate surface area is 121 Å². The van der Waals surface area contributed by atoms with Crippen LogP contribution in [0.15, 0.2) is 42.5 Å². The molecular formula is C18H20N2. The van der Waals surface area contributed by atoms with Gasteiger partial charge in [-0.05, 0) is 55.2 Å². The van der Waals surface area contributed by atoms with Crippen LogP contribution in [0, 0.1) is 25.2 Å². The first kappa shape index (κ1) is 14.3. The Bertz CT molecular complexity index is 638. The average molecular weight is 264 g/mol. The molecule has 0 aromatic heterocycles.